The molecule has 0 saturated heterocycles. The van der Waals surface area contributed by atoms with Crippen molar-refractivity contribution in [3.8, 4) is 0 Å². The fourth-order valence-corrected chi connectivity index (χ4v) is 2.91. The molecule has 4 aromatic carbocycles. The van der Waals surface area contributed by atoms with Crippen molar-refractivity contribution >= 4 is 38.0 Å². The summed E-state index contributed by atoms with van der Waals surface area (Å²) in [5, 5.41) is 7.31. The lowest BCUT2D eigenvalue weighted by Crippen LogP contribution is -1.89. The van der Waals surface area contributed by atoms with Gasteiger partial charge in [0.25, 0.3) is 0 Å². The zero-order valence-electron chi connectivity index (χ0n) is 10.4. The predicted molar refractivity (Wildman–Crippen MR) is 83.4 cm³/mol. The first-order valence-electron chi connectivity index (χ1n) is 6.43. The van der Waals surface area contributed by atoms with E-state index in [2.05, 4.69) is 66.7 Å². The Morgan fingerprint density at radius 1 is 0.579 bits per heavy atom. The molecule has 0 aromatic heterocycles. The molecule has 4 aromatic rings. The van der Waals surface area contributed by atoms with Crippen LogP contribution in [0.1, 0.15) is 0 Å². The van der Waals surface area contributed by atoms with E-state index in [-0.39, 0.29) is 0 Å². The lowest BCUT2D eigenvalue weighted by atomic mass is 9.96. The van der Waals surface area contributed by atoms with Gasteiger partial charge in [0.1, 0.15) is 0 Å². The van der Waals surface area contributed by atoms with Crippen molar-refractivity contribution in [2.45, 2.75) is 0 Å². The van der Waals surface area contributed by atoms with Gasteiger partial charge in [-0.25, -0.2) is 0 Å². The monoisotopic (exact) mass is 243 g/mol. The van der Waals surface area contributed by atoms with Gasteiger partial charge in [0.2, 0.25) is 0 Å². The van der Waals surface area contributed by atoms with Crippen LogP contribution in [0.3, 0.4) is 0 Å². The molecule has 0 amide bonds. The van der Waals surface area contributed by atoms with Gasteiger partial charge in [-0.15, -0.1) is 0 Å². The van der Waals surface area contributed by atoms with Crippen LogP contribution in [0.5, 0.6) is 0 Å². The number of hydrogen-bond acceptors (Lipinski definition) is 1. The normalized spacial score (nSPS) is 11.4. The molecule has 4 rings (SSSR count). The van der Waals surface area contributed by atoms with E-state index in [9.17, 15) is 0 Å². The number of anilines is 1. The second-order valence-electron chi connectivity index (χ2n) is 4.90. The molecule has 2 N–H and O–H groups in total. The standard InChI is InChI=1S/C18H13N/c19-17-11-13-6-2-3-7-14(13)16-10-9-12-5-1-4-8-15(12)18(16)17/h1-11H,19H2. The molecule has 0 heterocycles. The summed E-state index contributed by atoms with van der Waals surface area (Å²) in [6.45, 7) is 0. The summed E-state index contributed by atoms with van der Waals surface area (Å²) >= 11 is 0. The molecule has 0 aliphatic carbocycles. The number of nitrogens with two attached hydrogens (primary N) is 1. The van der Waals surface area contributed by atoms with Crippen molar-refractivity contribution in [1.82, 2.24) is 0 Å². The molecule has 1 nitrogen and oxygen atoms in total. The highest BCUT2D eigenvalue weighted by molar-refractivity contribution is 6.21. The van der Waals surface area contributed by atoms with Crippen LogP contribution in [-0.2, 0) is 0 Å². The van der Waals surface area contributed by atoms with Crippen molar-refractivity contribution in [3.63, 3.8) is 0 Å². The number of benzene rings is 4. The maximum absolute atomic E-state index is 6.29. The second kappa shape index (κ2) is 3.72. The summed E-state index contributed by atoms with van der Waals surface area (Å²) in [4.78, 5) is 0. The van der Waals surface area contributed by atoms with Crippen LogP contribution < -0.4 is 5.73 Å². The van der Waals surface area contributed by atoms with Crippen LogP contribution in [0.25, 0.3) is 32.3 Å². The second-order valence-corrected chi connectivity index (χ2v) is 4.90. The van der Waals surface area contributed by atoms with Crippen LogP contribution >= 0.6 is 0 Å². The molecule has 0 radical (unpaired) electrons. The fraction of sp³-hybridized carbons (Fsp3) is 0. The highest BCUT2D eigenvalue weighted by Crippen LogP contribution is 2.35. The molecule has 0 aliphatic rings. The molecule has 0 bridgehead atoms. The first-order valence-corrected chi connectivity index (χ1v) is 6.43. The quantitative estimate of drug-likeness (QED) is 0.350. The third kappa shape index (κ3) is 1.42. The Bertz CT molecular complexity index is 922. The van der Waals surface area contributed by atoms with Gasteiger partial charge in [0.05, 0.1) is 0 Å². The van der Waals surface area contributed by atoms with Gasteiger partial charge in [0, 0.05) is 11.1 Å². The molecule has 1 heteroatoms. The molecule has 19 heavy (non-hydrogen) atoms. The Balaban J connectivity index is 2.35. The number of hydrogen-bond donors (Lipinski definition) is 1. The third-order valence-corrected chi connectivity index (χ3v) is 3.78. The van der Waals surface area contributed by atoms with Gasteiger partial charge in [0.15, 0.2) is 0 Å². The maximum atomic E-state index is 6.29. The Labute approximate surface area is 111 Å². The maximum Gasteiger partial charge on any atom is 0.0406 e. The van der Waals surface area contributed by atoms with E-state index in [4.69, 9.17) is 5.73 Å². The molecule has 0 saturated carbocycles. The number of rotatable bonds is 0. The first kappa shape index (κ1) is 10.4. The van der Waals surface area contributed by atoms with Crippen LogP contribution in [-0.4, -0.2) is 0 Å². The zero-order chi connectivity index (χ0) is 12.8. The summed E-state index contributed by atoms with van der Waals surface area (Å²) < 4.78 is 0. The fourth-order valence-electron chi connectivity index (χ4n) is 2.91. The Morgan fingerprint density at radius 2 is 1.26 bits per heavy atom. The van der Waals surface area contributed by atoms with E-state index in [0.717, 1.165) is 11.1 Å². The van der Waals surface area contributed by atoms with Crippen LogP contribution in [0.15, 0.2) is 66.7 Å². The van der Waals surface area contributed by atoms with Crippen molar-refractivity contribution in [1.29, 1.82) is 0 Å². The van der Waals surface area contributed by atoms with Crippen LogP contribution in [0, 0.1) is 0 Å². The number of fused-ring (bicyclic) bond motifs is 5. The molecule has 0 unspecified atom stereocenters. The van der Waals surface area contributed by atoms with Crippen molar-refractivity contribution in [3.05, 3.63) is 66.7 Å². The third-order valence-electron chi connectivity index (χ3n) is 3.78. The summed E-state index contributed by atoms with van der Waals surface area (Å²) in [5.74, 6) is 0. The number of nitrogen functional groups attached to an aromatic ring is 1. The van der Waals surface area contributed by atoms with Crippen molar-refractivity contribution in [2.75, 3.05) is 5.73 Å². The topological polar surface area (TPSA) is 26.0 Å². The molecule has 0 atom stereocenters. The SMILES string of the molecule is Nc1cc2ccccc2c2ccc3ccccc3c12. The molecule has 0 spiro atoms. The van der Waals surface area contributed by atoms with E-state index >= 15 is 0 Å². The van der Waals surface area contributed by atoms with Gasteiger partial charge in [-0.2, -0.15) is 0 Å². The largest absolute Gasteiger partial charge is 0.398 e. The minimum atomic E-state index is 0.852. The molecular weight excluding hydrogens is 230 g/mol. The van der Waals surface area contributed by atoms with Crippen molar-refractivity contribution in [2.24, 2.45) is 0 Å². The Hall–Kier alpha value is -2.54. The van der Waals surface area contributed by atoms with Crippen LogP contribution in [0.4, 0.5) is 5.69 Å². The van der Waals surface area contributed by atoms with E-state index in [1.165, 1.54) is 26.9 Å². The van der Waals surface area contributed by atoms with E-state index in [1.54, 1.807) is 0 Å². The highest BCUT2D eigenvalue weighted by Gasteiger charge is 2.07. The summed E-state index contributed by atoms with van der Waals surface area (Å²) in [7, 11) is 0. The van der Waals surface area contributed by atoms with Gasteiger partial charge in [-0.1, -0.05) is 60.7 Å². The molecule has 90 valence electrons. The molecule has 0 fully saturated rings. The predicted octanol–water partition coefficient (Wildman–Crippen LogP) is 4.73. The van der Waals surface area contributed by atoms with Gasteiger partial charge in [-0.3, -0.25) is 0 Å². The van der Waals surface area contributed by atoms with Crippen LogP contribution in [0.2, 0.25) is 0 Å². The highest BCUT2D eigenvalue weighted by atomic mass is 14.6. The summed E-state index contributed by atoms with van der Waals surface area (Å²) in [5.41, 5.74) is 7.14. The first-order chi connectivity index (χ1) is 9.34. The van der Waals surface area contributed by atoms with E-state index in [1.807, 2.05) is 0 Å². The summed E-state index contributed by atoms with van der Waals surface area (Å²) in [6.07, 6.45) is 0. The average molecular weight is 243 g/mol. The minimum Gasteiger partial charge on any atom is -0.398 e. The van der Waals surface area contributed by atoms with Gasteiger partial charge in [-0.05, 0) is 33.0 Å². The van der Waals surface area contributed by atoms with E-state index in [0.29, 0.717) is 0 Å². The lowest BCUT2D eigenvalue weighted by Gasteiger charge is -2.10. The Kier molecular flexibility index (Phi) is 2.04. The van der Waals surface area contributed by atoms with Gasteiger partial charge < -0.3 is 5.73 Å². The molecule has 0 aliphatic heterocycles. The Morgan fingerprint density at radius 3 is 2.11 bits per heavy atom. The lowest BCUT2D eigenvalue weighted by molar-refractivity contribution is 1.76. The zero-order valence-corrected chi connectivity index (χ0v) is 10.4. The smallest absolute Gasteiger partial charge is 0.0406 e. The molecular formula is C18H13N. The van der Waals surface area contributed by atoms with Crippen molar-refractivity contribution < 1.29 is 0 Å². The summed E-state index contributed by atoms with van der Waals surface area (Å²) in [6, 6.07) is 23.2. The van der Waals surface area contributed by atoms with E-state index < -0.39 is 0 Å². The minimum absolute atomic E-state index is 0.852. The van der Waals surface area contributed by atoms with Gasteiger partial charge >= 0.3 is 0 Å². The average Bonchev–Trinajstić information content (AvgIpc) is 2.46.